The second kappa shape index (κ2) is 5.44. The maximum atomic E-state index is 11.1. The van der Waals surface area contributed by atoms with Crippen LogP contribution in [0.3, 0.4) is 0 Å². The zero-order valence-corrected chi connectivity index (χ0v) is 9.19. The predicted molar refractivity (Wildman–Crippen MR) is 63.6 cm³/mol. The highest BCUT2D eigenvalue weighted by Gasteiger charge is 2.33. The molecule has 3 nitrogen and oxygen atoms in total. The Bertz CT molecular complexity index is 310. The summed E-state index contributed by atoms with van der Waals surface area (Å²) < 4.78 is 5.21. The van der Waals surface area contributed by atoms with Crippen molar-refractivity contribution in [3.63, 3.8) is 0 Å². The van der Waals surface area contributed by atoms with Gasteiger partial charge in [0.15, 0.2) is 0 Å². The first-order valence-electron chi connectivity index (χ1n) is 5.15. The molecule has 0 aromatic rings. The molecule has 1 rings (SSSR count). The number of alkyl carbamates (subject to hydrolysis) is 1. The normalized spacial score (nSPS) is 26.5. The highest BCUT2D eigenvalue weighted by Crippen LogP contribution is 2.20. The molecule has 1 aliphatic heterocycles. The lowest BCUT2D eigenvalue weighted by molar-refractivity contribution is 0.151. The average Bonchev–Trinajstić information content (AvgIpc) is 2.61. The lowest BCUT2D eigenvalue weighted by atomic mass is 9.90. The maximum Gasteiger partial charge on any atom is 0.408 e. The first-order chi connectivity index (χ1) is 7.22. The van der Waals surface area contributed by atoms with Gasteiger partial charge >= 0.3 is 6.09 Å². The first-order valence-corrected chi connectivity index (χ1v) is 5.15. The van der Waals surface area contributed by atoms with Gasteiger partial charge in [-0.05, 0) is 12.5 Å². The molecule has 80 valence electrons. The second-order valence-corrected chi connectivity index (χ2v) is 3.37. The van der Waals surface area contributed by atoms with Crippen molar-refractivity contribution >= 4 is 13.9 Å². The number of rotatable bonds is 4. The van der Waals surface area contributed by atoms with Crippen molar-refractivity contribution in [3.05, 3.63) is 36.5 Å². The Labute approximate surface area is 91.3 Å². The fourth-order valence-electron chi connectivity index (χ4n) is 1.61. The molecular weight excluding hydrogens is 189 g/mol. The third kappa shape index (κ3) is 2.75. The van der Waals surface area contributed by atoms with E-state index in [4.69, 9.17) is 4.74 Å². The van der Waals surface area contributed by atoms with Gasteiger partial charge in [0.1, 0.15) is 14.0 Å². The number of hydrogen-bond donors (Lipinski definition) is 1. The zero-order chi connectivity index (χ0) is 11.3. The summed E-state index contributed by atoms with van der Waals surface area (Å²) in [6, 6.07) is 0.0677. The highest BCUT2D eigenvalue weighted by atomic mass is 16.6. The standard InChI is InChI=1S/C11H16BNO2/c1-3-5-6-8(4-2)10-9(7-12)13-11(14)15-10/h3-6,9-10H,1,7,12H2,2H3,(H,13,14)/b6-5-,8-4+/t9-,10-/m1/s1. The molecule has 0 aliphatic carbocycles. The summed E-state index contributed by atoms with van der Waals surface area (Å²) in [6.45, 7) is 5.54. The molecule has 0 unspecified atom stereocenters. The maximum absolute atomic E-state index is 11.1. The lowest BCUT2D eigenvalue weighted by Gasteiger charge is -2.16. The summed E-state index contributed by atoms with van der Waals surface area (Å²) in [5, 5.41) is 2.78. The van der Waals surface area contributed by atoms with Gasteiger partial charge in [-0.2, -0.15) is 0 Å². The third-order valence-electron chi connectivity index (χ3n) is 2.43. The SMILES string of the molecule is BC[C@H]1NC(=O)O[C@@H]1C(/C=C\C=C)=C/C. The van der Waals surface area contributed by atoms with Gasteiger partial charge in [0, 0.05) is 0 Å². The van der Waals surface area contributed by atoms with Crippen LogP contribution in [0.15, 0.2) is 36.5 Å². The van der Waals surface area contributed by atoms with Crippen LogP contribution in [0.2, 0.25) is 6.32 Å². The Kier molecular flexibility index (Phi) is 4.22. The predicted octanol–water partition coefficient (Wildman–Crippen LogP) is 1.20. The van der Waals surface area contributed by atoms with Gasteiger partial charge in [-0.1, -0.05) is 37.2 Å². The van der Waals surface area contributed by atoms with Crippen LogP contribution in [0.5, 0.6) is 0 Å². The van der Waals surface area contributed by atoms with Crippen LogP contribution in [0.1, 0.15) is 6.92 Å². The molecule has 0 spiro atoms. The van der Waals surface area contributed by atoms with Crippen LogP contribution < -0.4 is 5.32 Å². The van der Waals surface area contributed by atoms with Crippen LogP contribution in [0, 0.1) is 0 Å². The van der Waals surface area contributed by atoms with Gasteiger partial charge < -0.3 is 10.1 Å². The van der Waals surface area contributed by atoms with Gasteiger partial charge in [-0.15, -0.1) is 0 Å². The van der Waals surface area contributed by atoms with E-state index in [9.17, 15) is 4.79 Å². The van der Waals surface area contributed by atoms with Gasteiger partial charge in [-0.25, -0.2) is 4.79 Å². The van der Waals surface area contributed by atoms with Gasteiger partial charge in [0.2, 0.25) is 0 Å². The van der Waals surface area contributed by atoms with Crippen molar-refractivity contribution in [2.24, 2.45) is 0 Å². The molecule has 15 heavy (non-hydrogen) atoms. The molecule has 0 saturated carbocycles. The number of carbonyl (C=O) groups excluding carboxylic acids is 1. The fourth-order valence-corrected chi connectivity index (χ4v) is 1.61. The summed E-state index contributed by atoms with van der Waals surface area (Å²) in [6.07, 6.45) is 7.76. The zero-order valence-electron chi connectivity index (χ0n) is 9.19. The Balaban J connectivity index is 2.80. The topological polar surface area (TPSA) is 38.3 Å². The Morgan fingerprint density at radius 2 is 2.47 bits per heavy atom. The number of hydrogen-bond acceptors (Lipinski definition) is 2. The van der Waals surface area contributed by atoms with E-state index in [-0.39, 0.29) is 18.2 Å². The molecule has 1 heterocycles. The van der Waals surface area contributed by atoms with E-state index in [0.717, 1.165) is 11.9 Å². The van der Waals surface area contributed by atoms with Crippen LogP contribution in [-0.2, 0) is 4.74 Å². The first kappa shape index (κ1) is 11.6. The van der Waals surface area contributed by atoms with E-state index in [1.54, 1.807) is 6.08 Å². The Morgan fingerprint density at radius 3 is 3.00 bits per heavy atom. The molecule has 1 aliphatic rings. The van der Waals surface area contributed by atoms with Gasteiger partial charge in [0.25, 0.3) is 0 Å². The molecule has 0 aromatic heterocycles. The summed E-state index contributed by atoms with van der Waals surface area (Å²) in [7, 11) is 2.02. The number of nitrogens with one attached hydrogen (secondary N) is 1. The highest BCUT2D eigenvalue weighted by molar-refractivity contribution is 6.09. The molecule has 1 fully saturated rings. The molecule has 4 heteroatoms. The van der Waals surface area contributed by atoms with Gasteiger partial charge in [-0.3, -0.25) is 0 Å². The average molecular weight is 205 g/mol. The largest absolute Gasteiger partial charge is 0.439 e. The molecular formula is C11H16BNO2. The van der Waals surface area contributed by atoms with E-state index >= 15 is 0 Å². The van der Waals surface area contributed by atoms with E-state index in [1.165, 1.54) is 0 Å². The Morgan fingerprint density at radius 1 is 1.73 bits per heavy atom. The minimum Gasteiger partial charge on any atom is -0.439 e. The van der Waals surface area contributed by atoms with Crippen LogP contribution in [0.4, 0.5) is 4.79 Å². The number of amides is 1. The van der Waals surface area contributed by atoms with Crippen molar-refractivity contribution in [1.82, 2.24) is 5.32 Å². The van der Waals surface area contributed by atoms with Crippen LogP contribution >= 0.6 is 0 Å². The summed E-state index contributed by atoms with van der Waals surface area (Å²) in [5.41, 5.74) is 1.00. The van der Waals surface area contributed by atoms with Gasteiger partial charge in [0.05, 0.1) is 6.04 Å². The van der Waals surface area contributed by atoms with E-state index in [1.807, 2.05) is 33.0 Å². The molecule has 1 saturated heterocycles. The number of allylic oxidation sites excluding steroid dienone is 3. The molecule has 1 amide bonds. The Hall–Kier alpha value is -1.45. The van der Waals surface area contributed by atoms with Crippen molar-refractivity contribution in [2.75, 3.05) is 0 Å². The number of ether oxygens (including phenoxy) is 1. The summed E-state index contributed by atoms with van der Waals surface area (Å²) in [5.74, 6) is 0. The second-order valence-electron chi connectivity index (χ2n) is 3.37. The minimum absolute atomic E-state index is 0.0677. The fraction of sp³-hybridized carbons (Fsp3) is 0.364. The van der Waals surface area contributed by atoms with Crippen LogP contribution in [-0.4, -0.2) is 26.1 Å². The summed E-state index contributed by atoms with van der Waals surface area (Å²) in [4.78, 5) is 11.1. The molecule has 0 radical (unpaired) electrons. The van der Waals surface area contributed by atoms with Crippen molar-refractivity contribution in [3.8, 4) is 0 Å². The lowest BCUT2D eigenvalue weighted by Crippen LogP contribution is -2.31. The quantitative estimate of drug-likeness (QED) is 0.553. The van der Waals surface area contributed by atoms with E-state index in [0.29, 0.717) is 0 Å². The number of cyclic esters (lactones) is 1. The molecule has 2 atom stereocenters. The van der Waals surface area contributed by atoms with Crippen molar-refractivity contribution < 1.29 is 9.53 Å². The molecule has 1 N–H and O–H groups in total. The van der Waals surface area contributed by atoms with Crippen molar-refractivity contribution in [2.45, 2.75) is 25.4 Å². The third-order valence-corrected chi connectivity index (χ3v) is 2.43. The van der Waals surface area contributed by atoms with Crippen molar-refractivity contribution in [1.29, 1.82) is 0 Å². The monoisotopic (exact) mass is 205 g/mol. The molecule has 0 bridgehead atoms. The van der Waals surface area contributed by atoms with E-state index < -0.39 is 0 Å². The minimum atomic E-state index is -0.335. The molecule has 0 aromatic carbocycles. The summed E-state index contributed by atoms with van der Waals surface area (Å²) >= 11 is 0. The van der Waals surface area contributed by atoms with E-state index in [2.05, 4.69) is 11.9 Å². The van der Waals surface area contributed by atoms with Crippen LogP contribution in [0.25, 0.3) is 0 Å². The number of carbonyl (C=O) groups is 1. The smallest absolute Gasteiger partial charge is 0.408 e.